The Balaban J connectivity index is 3.96. The zero-order valence-electron chi connectivity index (χ0n) is 13.3. The van der Waals surface area contributed by atoms with E-state index in [0.29, 0.717) is 0 Å². The summed E-state index contributed by atoms with van der Waals surface area (Å²) in [4.78, 5) is 24.1. The monoisotopic (exact) mass is 314 g/mol. The average molecular weight is 314 g/mol. The molecule has 0 fully saturated rings. The van der Waals surface area contributed by atoms with E-state index in [1.807, 2.05) is 0 Å². The molecule has 0 bridgehead atoms. The predicted molar refractivity (Wildman–Crippen MR) is 75.3 cm³/mol. The Kier molecular flexibility index (Phi) is 5.85. The summed E-state index contributed by atoms with van der Waals surface area (Å²) in [6.07, 6.45) is 0. The van der Waals surface area contributed by atoms with Gasteiger partial charge < -0.3 is 28.4 Å². The Hall–Kier alpha value is -2.64. The van der Waals surface area contributed by atoms with E-state index >= 15 is 0 Å². The minimum atomic E-state index is -0.735. The van der Waals surface area contributed by atoms with Gasteiger partial charge in [0.2, 0.25) is 0 Å². The van der Waals surface area contributed by atoms with Crippen molar-refractivity contribution in [2.75, 3.05) is 42.7 Å². The number of methoxy groups -OCH3 is 6. The van der Waals surface area contributed by atoms with Crippen molar-refractivity contribution >= 4 is 11.9 Å². The lowest BCUT2D eigenvalue weighted by atomic mass is 10.0. The Bertz CT molecular complexity index is 495. The third kappa shape index (κ3) is 2.72. The van der Waals surface area contributed by atoms with E-state index in [9.17, 15) is 9.59 Å². The topological polar surface area (TPSA) is 89.5 Å². The van der Waals surface area contributed by atoms with Gasteiger partial charge in [-0.2, -0.15) is 0 Å². The largest absolute Gasteiger partial charge is 0.492 e. The van der Waals surface area contributed by atoms with Crippen LogP contribution in [-0.2, 0) is 9.47 Å². The molecule has 0 N–H and O–H groups in total. The second-order valence-corrected chi connectivity index (χ2v) is 3.87. The van der Waals surface area contributed by atoms with Crippen molar-refractivity contribution in [1.82, 2.24) is 0 Å². The van der Waals surface area contributed by atoms with Crippen LogP contribution in [0.3, 0.4) is 0 Å². The average Bonchev–Trinajstić information content (AvgIpc) is 2.57. The molecule has 0 saturated carbocycles. The summed E-state index contributed by atoms with van der Waals surface area (Å²) in [6, 6.07) is 0. The van der Waals surface area contributed by atoms with Gasteiger partial charge in [0, 0.05) is 0 Å². The fourth-order valence-corrected chi connectivity index (χ4v) is 2.01. The van der Waals surface area contributed by atoms with Crippen LogP contribution in [0.25, 0.3) is 0 Å². The molecule has 0 heterocycles. The first-order valence-corrected chi connectivity index (χ1v) is 6.08. The van der Waals surface area contributed by atoms with Crippen molar-refractivity contribution in [1.29, 1.82) is 0 Å². The third-order valence-corrected chi connectivity index (χ3v) is 2.92. The van der Waals surface area contributed by atoms with Crippen molar-refractivity contribution in [2.45, 2.75) is 0 Å². The lowest BCUT2D eigenvalue weighted by molar-refractivity contribution is 0.0571. The van der Waals surface area contributed by atoms with E-state index in [0.717, 1.165) is 0 Å². The molecule has 0 aliphatic rings. The molecule has 0 amide bonds. The molecule has 0 radical (unpaired) electrons. The number of benzene rings is 1. The first kappa shape index (κ1) is 17.4. The van der Waals surface area contributed by atoms with Gasteiger partial charge in [-0.15, -0.1) is 0 Å². The quantitative estimate of drug-likeness (QED) is 0.726. The Morgan fingerprint density at radius 3 is 0.909 bits per heavy atom. The van der Waals surface area contributed by atoms with Crippen LogP contribution in [-0.4, -0.2) is 54.6 Å². The molecule has 8 nitrogen and oxygen atoms in total. The summed E-state index contributed by atoms with van der Waals surface area (Å²) >= 11 is 0. The normalized spacial score (nSPS) is 9.73. The van der Waals surface area contributed by atoms with E-state index in [2.05, 4.69) is 0 Å². The van der Waals surface area contributed by atoms with E-state index in [4.69, 9.17) is 28.4 Å². The minimum absolute atomic E-state index is 0.0209. The predicted octanol–water partition coefficient (Wildman–Crippen LogP) is 1.29. The van der Waals surface area contributed by atoms with Crippen molar-refractivity contribution < 1.29 is 38.0 Å². The van der Waals surface area contributed by atoms with Crippen LogP contribution >= 0.6 is 0 Å². The summed E-state index contributed by atoms with van der Waals surface area (Å²) in [5.74, 6) is -1.55. The van der Waals surface area contributed by atoms with Gasteiger partial charge in [0.15, 0.2) is 34.1 Å². The van der Waals surface area contributed by atoms with E-state index < -0.39 is 11.9 Å². The highest BCUT2D eigenvalue weighted by Crippen LogP contribution is 2.48. The van der Waals surface area contributed by atoms with Gasteiger partial charge in [-0.25, -0.2) is 9.59 Å². The van der Waals surface area contributed by atoms with Crippen LogP contribution in [0, 0.1) is 0 Å². The molecule has 1 aromatic carbocycles. The zero-order chi connectivity index (χ0) is 16.9. The zero-order valence-corrected chi connectivity index (χ0v) is 13.3. The summed E-state index contributed by atoms with van der Waals surface area (Å²) in [7, 11) is 7.67. The maximum Gasteiger partial charge on any atom is 0.345 e. The molecule has 0 saturated heterocycles. The van der Waals surface area contributed by atoms with Crippen molar-refractivity contribution in [3.8, 4) is 23.0 Å². The Labute approximate surface area is 127 Å². The molecule has 0 aliphatic heterocycles. The highest BCUT2D eigenvalue weighted by Gasteiger charge is 2.35. The molecule has 0 atom stereocenters. The molecule has 0 spiro atoms. The van der Waals surface area contributed by atoms with Crippen LogP contribution in [0.5, 0.6) is 23.0 Å². The van der Waals surface area contributed by atoms with Gasteiger partial charge in [0.05, 0.1) is 42.7 Å². The highest BCUT2D eigenvalue weighted by molar-refractivity contribution is 6.05. The van der Waals surface area contributed by atoms with Crippen LogP contribution in [0.2, 0.25) is 0 Å². The standard InChI is InChI=1S/C14H18O8/c1-17-9-7(13(15)21-5)11(19-3)12(20-4)8(10(9)18-2)14(16)22-6/h1-6H3. The highest BCUT2D eigenvalue weighted by atomic mass is 16.6. The lowest BCUT2D eigenvalue weighted by Gasteiger charge is -2.20. The number of hydrogen-bond donors (Lipinski definition) is 0. The Morgan fingerprint density at radius 1 is 0.545 bits per heavy atom. The first-order chi connectivity index (χ1) is 10.5. The summed E-state index contributed by atoms with van der Waals surface area (Å²) < 4.78 is 30.2. The number of carbonyl (C=O) groups excluding carboxylic acids is 2. The molecule has 0 unspecified atom stereocenters. The third-order valence-electron chi connectivity index (χ3n) is 2.92. The number of carbonyl (C=O) groups is 2. The van der Waals surface area contributed by atoms with E-state index in [1.54, 1.807) is 0 Å². The van der Waals surface area contributed by atoms with Crippen molar-refractivity contribution in [3.05, 3.63) is 11.1 Å². The van der Waals surface area contributed by atoms with Crippen LogP contribution in [0.15, 0.2) is 0 Å². The molecule has 22 heavy (non-hydrogen) atoms. The SMILES string of the molecule is COC(=O)c1c(OC)c(OC)c(C(=O)OC)c(OC)c1OC. The van der Waals surface area contributed by atoms with Gasteiger partial charge in [0.1, 0.15) is 0 Å². The smallest absolute Gasteiger partial charge is 0.345 e. The van der Waals surface area contributed by atoms with Crippen LogP contribution in [0.1, 0.15) is 20.7 Å². The summed E-state index contributed by atoms with van der Waals surface area (Å²) in [6.45, 7) is 0. The second-order valence-electron chi connectivity index (χ2n) is 3.87. The molecule has 8 heteroatoms. The lowest BCUT2D eigenvalue weighted by Crippen LogP contribution is -2.14. The molecule has 0 aliphatic carbocycles. The fourth-order valence-electron chi connectivity index (χ4n) is 2.01. The minimum Gasteiger partial charge on any atom is -0.492 e. The van der Waals surface area contributed by atoms with Gasteiger partial charge in [-0.1, -0.05) is 0 Å². The van der Waals surface area contributed by atoms with Gasteiger partial charge in [-0.05, 0) is 0 Å². The molecule has 122 valence electrons. The van der Waals surface area contributed by atoms with Gasteiger partial charge in [-0.3, -0.25) is 0 Å². The molecule has 1 rings (SSSR count). The molecule has 0 aromatic heterocycles. The number of hydrogen-bond acceptors (Lipinski definition) is 8. The maximum absolute atomic E-state index is 12.1. The van der Waals surface area contributed by atoms with Crippen LogP contribution in [0.4, 0.5) is 0 Å². The molecule has 1 aromatic rings. The van der Waals surface area contributed by atoms with E-state index in [-0.39, 0.29) is 34.1 Å². The number of rotatable bonds is 6. The van der Waals surface area contributed by atoms with Crippen LogP contribution < -0.4 is 18.9 Å². The van der Waals surface area contributed by atoms with Gasteiger partial charge in [0.25, 0.3) is 0 Å². The Morgan fingerprint density at radius 2 is 0.773 bits per heavy atom. The fraction of sp³-hybridized carbons (Fsp3) is 0.429. The summed E-state index contributed by atoms with van der Waals surface area (Å²) in [5, 5.41) is 0. The first-order valence-electron chi connectivity index (χ1n) is 6.08. The van der Waals surface area contributed by atoms with Gasteiger partial charge >= 0.3 is 11.9 Å². The summed E-state index contributed by atoms with van der Waals surface area (Å²) in [5.41, 5.74) is -0.122. The van der Waals surface area contributed by atoms with Crippen molar-refractivity contribution in [3.63, 3.8) is 0 Å². The number of ether oxygens (including phenoxy) is 6. The van der Waals surface area contributed by atoms with Crippen molar-refractivity contribution in [2.24, 2.45) is 0 Å². The second kappa shape index (κ2) is 7.39. The van der Waals surface area contributed by atoms with E-state index in [1.165, 1.54) is 42.7 Å². The maximum atomic E-state index is 12.1. The number of esters is 2. The molecular formula is C14H18O8. The molecular weight excluding hydrogens is 296 g/mol.